The Morgan fingerprint density at radius 1 is 1.15 bits per heavy atom. The Labute approximate surface area is 83.2 Å². The number of unbranched alkanes of at least 4 members (excludes halogenated alkanes) is 2. The van der Waals surface area contributed by atoms with E-state index in [0.717, 1.165) is 19.1 Å². The summed E-state index contributed by atoms with van der Waals surface area (Å²) in [5.74, 6) is 0.847. The first-order valence-corrected chi connectivity index (χ1v) is 5.50. The van der Waals surface area contributed by atoms with Crippen molar-refractivity contribution in [2.45, 2.75) is 46.5 Å². The smallest absolute Gasteiger partial charge is 0.0684 e. The van der Waals surface area contributed by atoms with E-state index in [4.69, 9.17) is 4.84 Å². The van der Waals surface area contributed by atoms with Crippen LogP contribution in [0.25, 0.3) is 0 Å². The summed E-state index contributed by atoms with van der Waals surface area (Å²) in [6.07, 6.45) is 5.19. The Morgan fingerprint density at radius 3 is 2.38 bits per heavy atom. The van der Waals surface area contributed by atoms with Gasteiger partial charge in [0.2, 0.25) is 0 Å². The van der Waals surface area contributed by atoms with E-state index in [1.54, 1.807) is 0 Å². The van der Waals surface area contributed by atoms with Crippen molar-refractivity contribution < 1.29 is 4.84 Å². The molecule has 0 aromatic carbocycles. The summed E-state index contributed by atoms with van der Waals surface area (Å²) < 4.78 is 0. The van der Waals surface area contributed by atoms with E-state index >= 15 is 0 Å². The van der Waals surface area contributed by atoms with Gasteiger partial charge in [0.05, 0.1) is 6.61 Å². The first-order valence-electron chi connectivity index (χ1n) is 5.50. The van der Waals surface area contributed by atoms with Gasteiger partial charge in [0.1, 0.15) is 0 Å². The van der Waals surface area contributed by atoms with Gasteiger partial charge < -0.3 is 0 Å². The van der Waals surface area contributed by atoms with Gasteiger partial charge in [-0.3, -0.25) is 4.84 Å². The molecule has 2 nitrogen and oxygen atoms in total. The maximum absolute atomic E-state index is 5.43. The lowest BCUT2D eigenvalue weighted by Gasteiger charge is -2.13. The van der Waals surface area contributed by atoms with Crippen molar-refractivity contribution in [1.82, 2.24) is 5.06 Å². The second-order valence-corrected chi connectivity index (χ2v) is 4.02. The van der Waals surface area contributed by atoms with Gasteiger partial charge in [-0.25, -0.2) is 0 Å². The predicted octanol–water partition coefficient (Wildman–Crippen LogP) is 3.09. The standard InChI is InChI=1S/C11H25NO/c1-5-12(4)13-10-8-6-7-9-11(2)3/h11H,5-10H2,1-4H3. The minimum absolute atomic E-state index is 0.847. The Hall–Kier alpha value is -0.0800. The molecular weight excluding hydrogens is 162 g/mol. The van der Waals surface area contributed by atoms with Crippen LogP contribution in [0.4, 0.5) is 0 Å². The molecule has 0 atom stereocenters. The lowest BCUT2D eigenvalue weighted by atomic mass is 10.1. The summed E-state index contributed by atoms with van der Waals surface area (Å²) in [6, 6.07) is 0. The molecule has 0 bridgehead atoms. The van der Waals surface area contributed by atoms with Crippen LogP contribution < -0.4 is 0 Å². The normalized spacial score (nSPS) is 11.5. The third kappa shape index (κ3) is 9.84. The quantitative estimate of drug-likeness (QED) is 0.428. The number of nitrogens with zero attached hydrogens (tertiary/aromatic N) is 1. The fraction of sp³-hybridized carbons (Fsp3) is 1.00. The Bertz CT molecular complexity index is 104. The van der Waals surface area contributed by atoms with E-state index in [1.165, 1.54) is 25.7 Å². The Balaban J connectivity index is 2.99. The zero-order valence-electron chi connectivity index (χ0n) is 9.68. The molecule has 80 valence electrons. The van der Waals surface area contributed by atoms with Gasteiger partial charge in [-0.2, -0.15) is 5.06 Å². The number of hydroxylamine groups is 2. The van der Waals surface area contributed by atoms with Gasteiger partial charge in [-0.05, 0) is 12.3 Å². The molecule has 0 amide bonds. The van der Waals surface area contributed by atoms with Crippen LogP contribution in [0, 0.1) is 5.92 Å². The highest BCUT2D eigenvalue weighted by atomic mass is 16.7. The number of hydrogen-bond donors (Lipinski definition) is 0. The van der Waals surface area contributed by atoms with E-state index in [2.05, 4.69) is 20.8 Å². The van der Waals surface area contributed by atoms with Crippen LogP contribution in [0.2, 0.25) is 0 Å². The molecule has 2 heteroatoms. The minimum atomic E-state index is 0.847. The highest BCUT2D eigenvalue weighted by Gasteiger charge is 1.96. The van der Waals surface area contributed by atoms with Crippen molar-refractivity contribution >= 4 is 0 Å². The van der Waals surface area contributed by atoms with Crippen molar-refractivity contribution in [3.05, 3.63) is 0 Å². The molecule has 0 aromatic heterocycles. The summed E-state index contributed by atoms with van der Waals surface area (Å²) in [5, 5.41) is 1.89. The zero-order valence-corrected chi connectivity index (χ0v) is 9.68. The number of hydrogen-bond acceptors (Lipinski definition) is 2. The fourth-order valence-electron chi connectivity index (χ4n) is 1.14. The van der Waals surface area contributed by atoms with E-state index in [1.807, 2.05) is 12.1 Å². The monoisotopic (exact) mass is 187 g/mol. The molecule has 0 saturated heterocycles. The molecule has 0 aliphatic carbocycles. The topological polar surface area (TPSA) is 12.5 Å². The Morgan fingerprint density at radius 2 is 1.85 bits per heavy atom. The van der Waals surface area contributed by atoms with E-state index in [-0.39, 0.29) is 0 Å². The first kappa shape index (κ1) is 12.9. The molecule has 0 saturated carbocycles. The van der Waals surface area contributed by atoms with Crippen LogP contribution >= 0.6 is 0 Å². The van der Waals surface area contributed by atoms with Crippen LogP contribution in [-0.4, -0.2) is 25.3 Å². The largest absolute Gasteiger partial charge is 0.299 e. The van der Waals surface area contributed by atoms with Crippen molar-refractivity contribution in [2.24, 2.45) is 5.92 Å². The molecule has 13 heavy (non-hydrogen) atoms. The number of rotatable bonds is 8. The van der Waals surface area contributed by atoms with Gasteiger partial charge in [0.25, 0.3) is 0 Å². The molecule has 0 rings (SSSR count). The van der Waals surface area contributed by atoms with E-state index in [9.17, 15) is 0 Å². The second-order valence-electron chi connectivity index (χ2n) is 4.02. The average Bonchev–Trinajstić information content (AvgIpc) is 2.10. The van der Waals surface area contributed by atoms with Crippen molar-refractivity contribution in [2.75, 3.05) is 20.2 Å². The first-order chi connectivity index (χ1) is 6.16. The third-order valence-electron chi connectivity index (χ3n) is 2.18. The SMILES string of the molecule is CCN(C)OCCCCCC(C)C. The van der Waals surface area contributed by atoms with Gasteiger partial charge >= 0.3 is 0 Å². The van der Waals surface area contributed by atoms with Crippen molar-refractivity contribution in [3.8, 4) is 0 Å². The maximum Gasteiger partial charge on any atom is 0.0684 e. The molecule has 0 aliphatic rings. The van der Waals surface area contributed by atoms with Crippen LogP contribution in [0.1, 0.15) is 46.5 Å². The van der Waals surface area contributed by atoms with Crippen LogP contribution in [0.3, 0.4) is 0 Å². The molecular formula is C11H25NO. The summed E-state index contributed by atoms with van der Waals surface area (Å²) in [6.45, 7) is 8.50. The summed E-state index contributed by atoms with van der Waals surface area (Å²) in [7, 11) is 1.98. The lowest BCUT2D eigenvalue weighted by Crippen LogP contribution is -2.18. The molecule has 0 fully saturated rings. The molecule has 0 unspecified atom stereocenters. The van der Waals surface area contributed by atoms with Crippen molar-refractivity contribution in [1.29, 1.82) is 0 Å². The Kier molecular flexibility index (Phi) is 8.46. The minimum Gasteiger partial charge on any atom is -0.299 e. The summed E-state index contributed by atoms with van der Waals surface area (Å²) >= 11 is 0. The maximum atomic E-state index is 5.43. The molecule has 0 N–H and O–H groups in total. The van der Waals surface area contributed by atoms with Crippen LogP contribution in [-0.2, 0) is 4.84 Å². The fourth-order valence-corrected chi connectivity index (χ4v) is 1.14. The summed E-state index contributed by atoms with van der Waals surface area (Å²) in [4.78, 5) is 5.43. The van der Waals surface area contributed by atoms with Crippen molar-refractivity contribution in [3.63, 3.8) is 0 Å². The van der Waals surface area contributed by atoms with E-state index < -0.39 is 0 Å². The average molecular weight is 187 g/mol. The van der Waals surface area contributed by atoms with Gasteiger partial charge in [-0.15, -0.1) is 0 Å². The lowest BCUT2D eigenvalue weighted by molar-refractivity contribution is -0.137. The van der Waals surface area contributed by atoms with E-state index in [0.29, 0.717) is 0 Å². The van der Waals surface area contributed by atoms with Gasteiger partial charge in [0, 0.05) is 13.6 Å². The van der Waals surface area contributed by atoms with Crippen LogP contribution in [0.5, 0.6) is 0 Å². The van der Waals surface area contributed by atoms with Crippen LogP contribution in [0.15, 0.2) is 0 Å². The highest BCUT2D eigenvalue weighted by Crippen LogP contribution is 2.07. The predicted molar refractivity (Wildman–Crippen MR) is 57.6 cm³/mol. The van der Waals surface area contributed by atoms with Gasteiger partial charge in [-0.1, -0.05) is 40.0 Å². The molecule has 0 aliphatic heterocycles. The summed E-state index contributed by atoms with van der Waals surface area (Å²) in [5.41, 5.74) is 0. The third-order valence-corrected chi connectivity index (χ3v) is 2.18. The molecule has 0 aromatic rings. The molecule has 0 radical (unpaired) electrons. The second kappa shape index (κ2) is 8.52. The van der Waals surface area contributed by atoms with Gasteiger partial charge in [0.15, 0.2) is 0 Å². The zero-order chi connectivity index (χ0) is 10.1. The molecule has 0 heterocycles. The highest BCUT2D eigenvalue weighted by molar-refractivity contribution is 4.46. The molecule has 0 spiro atoms.